The highest BCUT2D eigenvalue weighted by Gasteiger charge is 2.06. The first-order valence-electron chi connectivity index (χ1n) is 34.5. The molecule has 0 aliphatic heterocycles. The molecule has 12 heteroatoms. The second kappa shape index (κ2) is 59.6. The van der Waals surface area contributed by atoms with E-state index in [1.54, 1.807) is 55.1 Å². The lowest BCUT2D eigenvalue weighted by Gasteiger charge is -2.07. The summed E-state index contributed by atoms with van der Waals surface area (Å²) in [7, 11) is 15.8. The lowest BCUT2D eigenvalue weighted by atomic mass is 9.97. The Balaban J connectivity index is 0.000000701. The number of hydrogen-bond acceptors (Lipinski definition) is 12. The molecule has 2 aromatic heterocycles. The zero-order valence-electron chi connectivity index (χ0n) is 64.1. The fourth-order valence-corrected chi connectivity index (χ4v) is 9.60. The molecule has 0 aliphatic rings. The summed E-state index contributed by atoms with van der Waals surface area (Å²) in [4.78, 5) is 8.62. The number of ether oxygens (including phenoxy) is 10. The number of aryl methyl sites for hydroxylation is 2. The molecule has 0 amide bonds. The molecule has 12 nitrogen and oxygen atoms in total. The molecule has 0 atom stereocenters. The fraction of sp³-hybridized carbons (Fsp3) is 0.184. The summed E-state index contributed by atoms with van der Waals surface area (Å²) in [6, 6.07) is 83.3. The first kappa shape index (κ1) is 98.7. The molecule has 115 heavy (non-hydrogen) atoms. The molecular formula is C103H108N2O10. The van der Waals surface area contributed by atoms with E-state index in [4.69, 9.17) is 28.4 Å². The first-order valence-corrected chi connectivity index (χ1v) is 34.5. The van der Waals surface area contributed by atoms with Crippen molar-refractivity contribution in [3.8, 4) is 174 Å². The standard InChI is InChI=1S/C26H22.C20H18O2.C18H14O2.C16H12N2O2.C10H16O2.C8H6O2.5CH4/c1-19-3-7-21(8-4-19)23-11-15-25(16-12-23)26-17-13-24(14-18-26)22-9-5-20(2)6-10-22;1-21-19-11-7-17(8-12-19)15-3-5-16(6-4-15)18-9-13-20(22-2)14-10-18;1-19-13-11-15-3-7-17(8-4-15)18-9-5-16(6-10-18)12-14-20-2;1-19-9-7-13-3-5-15(17-11-13)16-6-4-14(12-18-16)8-10-20-2;1-11-9-7-5-3-4-6-8-10-12-2;1-9-7-5-3-4-6-8-10-2;;;;;/h3-18H,1-2H3;3-14H,1-2H3;3-10H,1-2H3;3-6,11-12H,1-2H3;3-8H,9-10H2,1-2H3;1-2H3;5*1H4/b;;;;4-3+,7-5+,8-6+;;;;;;. The molecule has 0 radical (unpaired) electrons. The molecule has 0 N–H and O–H groups in total. The van der Waals surface area contributed by atoms with E-state index in [0.29, 0.717) is 13.2 Å². The van der Waals surface area contributed by atoms with E-state index in [1.807, 2.05) is 134 Å². The van der Waals surface area contributed by atoms with Gasteiger partial charge < -0.3 is 47.4 Å². The average Bonchev–Trinajstić information content (AvgIpc) is 0.782. The number of allylic oxidation sites excluding steroid dienone is 4. The van der Waals surface area contributed by atoms with E-state index in [-0.39, 0.29) is 37.1 Å². The SMILES string of the molecule is C.C.C.C.C.COC#CC#CC#COC.COC#Cc1ccc(-c2ccc(C#COC)cc2)cc1.COC#Cc1ccc(-c2ccc(C#COC)cn2)nc1.COC/C=C/C=C/C=C/COC.COc1ccc(-c2ccc(-c3ccc(OC)cc3)cc2)cc1.Cc1ccc(-c2ccc(-c3ccc(-c4ccc(C)cc4)cc3)cc2)cc1. The average molecular weight is 1530 g/mol. The molecule has 0 fully saturated rings. The second-order valence-electron chi connectivity index (χ2n) is 22.9. The van der Waals surface area contributed by atoms with Crippen molar-refractivity contribution < 1.29 is 47.4 Å². The topological polar surface area (TPSA) is 118 Å². The van der Waals surface area contributed by atoms with Gasteiger partial charge in [0.05, 0.1) is 81.5 Å². The number of pyridine rings is 2. The van der Waals surface area contributed by atoms with Gasteiger partial charge in [-0.25, -0.2) is 0 Å². The summed E-state index contributed by atoms with van der Waals surface area (Å²) < 4.78 is 47.7. The summed E-state index contributed by atoms with van der Waals surface area (Å²) in [6.45, 7) is 5.55. The van der Waals surface area contributed by atoms with Gasteiger partial charge in [-0.3, -0.25) is 9.97 Å². The lowest BCUT2D eigenvalue weighted by molar-refractivity contribution is 0.234. The van der Waals surface area contributed by atoms with Crippen LogP contribution in [-0.4, -0.2) is 94.3 Å². The molecule has 0 saturated carbocycles. The number of rotatable bonds is 15. The predicted molar refractivity (Wildman–Crippen MR) is 480 cm³/mol. The molecule has 0 aliphatic carbocycles. The number of aromatic nitrogens is 2. The van der Waals surface area contributed by atoms with Crippen molar-refractivity contribution >= 4 is 0 Å². The van der Waals surface area contributed by atoms with Gasteiger partial charge in [0.1, 0.15) is 48.1 Å². The minimum absolute atomic E-state index is 0. The minimum Gasteiger partial charge on any atom is -0.497 e. The molecule has 0 spiro atoms. The van der Waals surface area contributed by atoms with E-state index in [9.17, 15) is 0 Å². The number of methoxy groups -OCH3 is 10. The zero-order chi connectivity index (χ0) is 78.4. The highest BCUT2D eigenvalue weighted by molar-refractivity contribution is 5.75. The zero-order valence-corrected chi connectivity index (χ0v) is 64.1. The van der Waals surface area contributed by atoms with E-state index in [0.717, 1.165) is 56.3 Å². The van der Waals surface area contributed by atoms with Gasteiger partial charge in [0.25, 0.3) is 0 Å². The van der Waals surface area contributed by atoms with Gasteiger partial charge in [-0.1, -0.05) is 255 Å². The molecule has 11 aromatic rings. The second-order valence-corrected chi connectivity index (χ2v) is 22.9. The van der Waals surface area contributed by atoms with Crippen molar-refractivity contribution in [2.45, 2.75) is 51.0 Å². The molecule has 0 bridgehead atoms. The molecule has 9 aromatic carbocycles. The van der Waals surface area contributed by atoms with Gasteiger partial charge in [0, 0.05) is 72.5 Å². The Kier molecular flexibility index (Phi) is 51.2. The summed E-state index contributed by atoms with van der Waals surface area (Å²) in [5, 5.41) is 0. The van der Waals surface area contributed by atoms with E-state index in [2.05, 4.69) is 272 Å². The highest BCUT2D eigenvalue weighted by atomic mass is 16.5. The van der Waals surface area contributed by atoms with Gasteiger partial charge in [-0.2, -0.15) is 0 Å². The maximum atomic E-state index is 5.19. The normalized spacial score (nSPS) is 9.11. The maximum absolute atomic E-state index is 5.19. The van der Waals surface area contributed by atoms with E-state index in [1.165, 1.54) is 95.2 Å². The third-order valence-electron chi connectivity index (χ3n) is 15.3. The molecule has 590 valence electrons. The van der Waals surface area contributed by atoms with Gasteiger partial charge in [-0.05, 0) is 177 Å². The first-order chi connectivity index (χ1) is 54.0. The van der Waals surface area contributed by atoms with Crippen LogP contribution in [-0.2, 0) is 37.9 Å². The van der Waals surface area contributed by atoms with Crippen LogP contribution >= 0.6 is 0 Å². The largest absolute Gasteiger partial charge is 0.497 e. The van der Waals surface area contributed by atoms with Crippen molar-refractivity contribution in [3.63, 3.8) is 0 Å². The van der Waals surface area contributed by atoms with Crippen molar-refractivity contribution in [1.29, 1.82) is 0 Å². The van der Waals surface area contributed by atoms with Crippen LogP contribution in [0.15, 0.2) is 292 Å². The minimum atomic E-state index is 0. The van der Waals surface area contributed by atoms with E-state index < -0.39 is 0 Å². The van der Waals surface area contributed by atoms with Crippen LogP contribution in [0.1, 0.15) is 70.5 Å². The Hall–Kier alpha value is -14.3. The maximum Gasteiger partial charge on any atom is 0.124 e. The third-order valence-corrected chi connectivity index (χ3v) is 15.3. The highest BCUT2D eigenvalue weighted by Crippen LogP contribution is 2.30. The lowest BCUT2D eigenvalue weighted by Crippen LogP contribution is -1.89. The number of nitrogens with zero attached hydrogens (tertiary/aromatic N) is 2. The van der Waals surface area contributed by atoms with Crippen LogP contribution in [0.5, 0.6) is 11.5 Å². The molecule has 0 unspecified atom stereocenters. The van der Waals surface area contributed by atoms with Crippen molar-refractivity contribution in [2.75, 3.05) is 84.3 Å². The van der Waals surface area contributed by atoms with Crippen LogP contribution in [0.4, 0.5) is 0 Å². The van der Waals surface area contributed by atoms with Gasteiger partial charge in [-0.15, -0.1) is 0 Å². The van der Waals surface area contributed by atoms with Crippen molar-refractivity contribution in [3.05, 3.63) is 325 Å². The molecule has 2 heterocycles. The van der Waals surface area contributed by atoms with E-state index >= 15 is 0 Å². The van der Waals surface area contributed by atoms with Crippen LogP contribution in [0.2, 0.25) is 0 Å². The Morgan fingerprint density at radius 1 is 0.243 bits per heavy atom. The van der Waals surface area contributed by atoms with Gasteiger partial charge in [0.2, 0.25) is 0 Å². The molecule has 0 saturated heterocycles. The number of benzene rings is 9. The van der Waals surface area contributed by atoms with Crippen molar-refractivity contribution in [1.82, 2.24) is 9.97 Å². The van der Waals surface area contributed by atoms with Crippen LogP contribution in [0, 0.1) is 97.8 Å². The van der Waals surface area contributed by atoms with Gasteiger partial charge in [0.15, 0.2) is 0 Å². The van der Waals surface area contributed by atoms with Crippen LogP contribution in [0.3, 0.4) is 0 Å². The number of hydrogen-bond donors (Lipinski definition) is 0. The fourth-order valence-electron chi connectivity index (χ4n) is 9.60. The summed E-state index contributed by atoms with van der Waals surface area (Å²) in [6.07, 6.45) is 29.8. The third kappa shape index (κ3) is 37.3. The van der Waals surface area contributed by atoms with Crippen LogP contribution < -0.4 is 9.47 Å². The summed E-state index contributed by atoms with van der Waals surface area (Å²) >= 11 is 0. The Morgan fingerprint density at radius 3 is 0.678 bits per heavy atom. The summed E-state index contributed by atoms with van der Waals surface area (Å²) in [5.41, 5.74) is 22.1. The monoisotopic (exact) mass is 1530 g/mol. The Bertz CT molecular complexity index is 4640. The smallest absolute Gasteiger partial charge is 0.124 e. The van der Waals surface area contributed by atoms with Gasteiger partial charge >= 0.3 is 0 Å². The quantitative estimate of drug-likeness (QED) is 0.0718. The Labute approximate surface area is 687 Å². The summed E-state index contributed by atoms with van der Waals surface area (Å²) in [5.74, 6) is 22.9. The molecule has 11 rings (SSSR count). The predicted octanol–water partition coefficient (Wildman–Crippen LogP) is 23.0. The molecular weight excluding hydrogens is 1430 g/mol. The van der Waals surface area contributed by atoms with Crippen LogP contribution in [0.25, 0.3) is 78.1 Å². The van der Waals surface area contributed by atoms with Crippen molar-refractivity contribution in [2.24, 2.45) is 0 Å². The Morgan fingerprint density at radius 2 is 0.461 bits per heavy atom.